The van der Waals surface area contributed by atoms with E-state index in [2.05, 4.69) is 16.3 Å². The van der Waals surface area contributed by atoms with Gasteiger partial charge in [0.05, 0.1) is 12.5 Å². The van der Waals surface area contributed by atoms with E-state index in [1.165, 1.54) is 12.5 Å². The van der Waals surface area contributed by atoms with Crippen LogP contribution in [-0.4, -0.2) is 13.3 Å². The summed E-state index contributed by atoms with van der Waals surface area (Å²) in [5.74, 6) is 0. The van der Waals surface area contributed by atoms with Crippen LogP contribution < -0.4 is 0 Å². The fraction of sp³-hybridized carbons (Fsp3) is 0.167. The van der Waals surface area contributed by atoms with Crippen molar-refractivity contribution in [3.8, 4) is 0 Å². The molecule has 0 unspecified atom stereocenters. The molecule has 0 radical (unpaired) electrons. The predicted molar refractivity (Wildman–Crippen MR) is 34.8 cm³/mol. The lowest BCUT2D eigenvalue weighted by Crippen LogP contribution is -1.64. The first kappa shape index (κ1) is 6.95. The van der Waals surface area contributed by atoms with Crippen LogP contribution in [-0.2, 0) is 4.74 Å². The lowest BCUT2D eigenvalue weighted by molar-refractivity contribution is 0.405. The minimum absolute atomic E-state index is 1.35. The van der Waals surface area contributed by atoms with Crippen molar-refractivity contribution in [2.24, 2.45) is 4.99 Å². The molecule has 2 nitrogen and oxygen atoms in total. The Morgan fingerprint density at radius 2 is 2.38 bits per heavy atom. The van der Waals surface area contributed by atoms with Gasteiger partial charge in [-0.3, -0.25) is 4.99 Å². The van der Waals surface area contributed by atoms with Crippen LogP contribution in [0.3, 0.4) is 0 Å². The van der Waals surface area contributed by atoms with Crippen molar-refractivity contribution < 1.29 is 4.74 Å². The molecule has 0 aliphatic carbocycles. The zero-order chi connectivity index (χ0) is 6.24. The molecule has 0 amide bonds. The first-order chi connectivity index (χ1) is 3.91. The molecular weight excluding hydrogens is 102 g/mol. The number of ether oxygens (including phenoxy) is 1. The molecule has 0 N–H and O–H groups in total. The van der Waals surface area contributed by atoms with Crippen molar-refractivity contribution >= 4 is 6.21 Å². The van der Waals surface area contributed by atoms with E-state index in [1.54, 1.807) is 19.3 Å². The van der Waals surface area contributed by atoms with Crippen LogP contribution in [0, 0.1) is 0 Å². The standard InChI is InChI=1S/C6H9NO/c1-3-8-6-4-5-7-2/h3-6H,1H2,2H3/b6-4-,7-5?. The number of rotatable bonds is 3. The van der Waals surface area contributed by atoms with Gasteiger partial charge in [0.2, 0.25) is 0 Å². The summed E-state index contributed by atoms with van der Waals surface area (Å²) in [7, 11) is 1.69. The third kappa shape index (κ3) is 4.95. The fourth-order valence-electron chi connectivity index (χ4n) is 0.222. The van der Waals surface area contributed by atoms with Crippen LogP contribution in [0.4, 0.5) is 0 Å². The van der Waals surface area contributed by atoms with Gasteiger partial charge in [-0.1, -0.05) is 6.58 Å². The largest absolute Gasteiger partial charge is 0.473 e. The zero-order valence-corrected chi connectivity index (χ0v) is 4.87. The molecule has 44 valence electrons. The molecule has 0 heterocycles. The van der Waals surface area contributed by atoms with E-state index < -0.39 is 0 Å². The van der Waals surface area contributed by atoms with Crippen LogP contribution in [0.1, 0.15) is 0 Å². The predicted octanol–water partition coefficient (Wildman–Crippen LogP) is 1.36. The van der Waals surface area contributed by atoms with E-state index in [-0.39, 0.29) is 0 Å². The molecule has 0 rings (SSSR count). The molecule has 8 heavy (non-hydrogen) atoms. The SMILES string of the molecule is C=CO/C=C\C=NC. The van der Waals surface area contributed by atoms with Crippen molar-refractivity contribution in [1.29, 1.82) is 0 Å². The minimum atomic E-state index is 1.35. The van der Waals surface area contributed by atoms with Crippen LogP contribution in [0.2, 0.25) is 0 Å². The molecule has 2 heteroatoms. The molecule has 0 aromatic heterocycles. The summed E-state index contributed by atoms with van der Waals surface area (Å²) in [6.45, 7) is 3.34. The number of nitrogens with zero attached hydrogens (tertiary/aromatic N) is 1. The van der Waals surface area contributed by atoms with E-state index in [0.29, 0.717) is 0 Å². The van der Waals surface area contributed by atoms with Crippen molar-refractivity contribution in [2.45, 2.75) is 0 Å². The Kier molecular flexibility index (Phi) is 5.17. The van der Waals surface area contributed by atoms with Crippen molar-refractivity contribution in [3.05, 3.63) is 25.2 Å². The van der Waals surface area contributed by atoms with E-state index in [1.807, 2.05) is 0 Å². The van der Waals surface area contributed by atoms with Gasteiger partial charge in [-0.15, -0.1) is 0 Å². The van der Waals surface area contributed by atoms with Crippen LogP contribution >= 0.6 is 0 Å². The van der Waals surface area contributed by atoms with E-state index in [0.717, 1.165) is 0 Å². The Hall–Kier alpha value is -1.05. The summed E-state index contributed by atoms with van der Waals surface area (Å²) < 4.78 is 4.63. The molecule has 0 atom stereocenters. The normalized spacial score (nSPS) is 10.6. The number of hydrogen-bond acceptors (Lipinski definition) is 2. The number of aliphatic imine (C=N–C) groups is 1. The average molecular weight is 111 g/mol. The highest BCUT2D eigenvalue weighted by Gasteiger charge is 1.59. The maximum atomic E-state index is 4.63. The van der Waals surface area contributed by atoms with Gasteiger partial charge in [-0.25, -0.2) is 0 Å². The molecule has 0 fully saturated rings. The zero-order valence-electron chi connectivity index (χ0n) is 4.87. The summed E-state index contributed by atoms with van der Waals surface area (Å²) >= 11 is 0. The highest BCUT2D eigenvalue weighted by Crippen LogP contribution is 1.72. The molecule has 0 aliphatic rings. The molecule has 0 aromatic rings. The van der Waals surface area contributed by atoms with E-state index in [4.69, 9.17) is 0 Å². The summed E-state index contributed by atoms with van der Waals surface area (Å²) in [5.41, 5.74) is 0. The second-order valence-corrected chi connectivity index (χ2v) is 1.04. The quantitative estimate of drug-likeness (QED) is 0.398. The maximum Gasteiger partial charge on any atom is 0.0916 e. The van der Waals surface area contributed by atoms with Crippen molar-refractivity contribution in [1.82, 2.24) is 0 Å². The molecule has 0 aliphatic heterocycles. The lowest BCUT2D eigenvalue weighted by atomic mass is 10.7. The van der Waals surface area contributed by atoms with Gasteiger partial charge in [0, 0.05) is 13.3 Å². The lowest BCUT2D eigenvalue weighted by Gasteiger charge is -1.80. The van der Waals surface area contributed by atoms with E-state index in [9.17, 15) is 0 Å². The van der Waals surface area contributed by atoms with Crippen molar-refractivity contribution in [2.75, 3.05) is 7.05 Å². The molecule has 0 spiro atoms. The Labute approximate surface area is 49.2 Å². The average Bonchev–Trinajstić information content (AvgIpc) is 1.81. The van der Waals surface area contributed by atoms with Crippen LogP contribution in [0.5, 0.6) is 0 Å². The Balaban J connectivity index is 3.19. The van der Waals surface area contributed by atoms with Gasteiger partial charge >= 0.3 is 0 Å². The molecular formula is C6H9NO. The minimum Gasteiger partial charge on any atom is -0.473 e. The summed E-state index contributed by atoms with van der Waals surface area (Å²) in [6, 6.07) is 0. The summed E-state index contributed by atoms with van der Waals surface area (Å²) in [5, 5.41) is 0. The Bertz CT molecular complexity index is 105. The summed E-state index contributed by atoms with van der Waals surface area (Å²) in [4.78, 5) is 3.68. The van der Waals surface area contributed by atoms with Crippen LogP contribution in [0.15, 0.2) is 30.2 Å². The highest BCUT2D eigenvalue weighted by atomic mass is 16.5. The van der Waals surface area contributed by atoms with Crippen LogP contribution in [0.25, 0.3) is 0 Å². The highest BCUT2D eigenvalue weighted by molar-refractivity contribution is 5.70. The first-order valence-corrected chi connectivity index (χ1v) is 2.25. The van der Waals surface area contributed by atoms with Gasteiger partial charge in [0.15, 0.2) is 0 Å². The van der Waals surface area contributed by atoms with Gasteiger partial charge in [-0.05, 0) is 6.08 Å². The first-order valence-electron chi connectivity index (χ1n) is 2.25. The maximum absolute atomic E-state index is 4.63. The summed E-state index contributed by atoms with van der Waals surface area (Å²) in [6.07, 6.45) is 6.16. The molecule has 0 bridgehead atoms. The molecule has 0 saturated heterocycles. The Morgan fingerprint density at radius 1 is 1.62 bits per heavy atom. The number of allylic oxidation sites excluding steroid dienone is 1. The third-order valence-corrected chi connectivity index (χ3v) is 0.488. The van der Waals surface area contributed by atoms with Gasteiger partial charge < -0.3 is 4.74 Å². The van der Waals surface area contributed by atoms with Gasteiger partial charge in [-0.2, -0.15) is 0 Å². The molecule has 0 aromatic carbocycles. The second-order valence-electron chi connectivity index (χ2n) is 1.04. The fourth-order valence-corrected chi connectivity index (χ4v) is 0.222. The van der Waals surface area contributed by atoms with Gasteiger partial charge in [0.25, 0.3) is 0 Å². The molecule has 0 saturated carbocycles. The van der Waals surface area contributed by atoms with E-state index >= 15 is 0 Å². The topological polar surface area (TPSA) is 21.6 Å². The second kappa shape index (κ2) is 5.95. The third-order valence-electron chi connectivity index (χ3n) is 0.488. The Morgan fingerprint density at radius 3 is 2.88 bits per heavy atom. The smallest absolute Gasteiger partial charge is 0.0916 e. The van der Waals surface area contributed by atoms with Gasteiger partial charge in [0.1, 0.15) is 0 Å². The number of hydrogen-bond donors (Lipinski definition) is 0. The van der Waals surface area contributed by atoms with Crippen molar-refractivity contribution in [3.63, 3.8) is 0 Å². The monoisotopic (exact) mass is 111 g/mol.